The van der Waals surface area contributed by atoms with Crippen LogP contribution in [0.15, 0.2) is 28.6 Å². The van der Waals surface area contributed by atoms with Crippen LogP contribution in [0.25, 0.3) is 0 Å². The monoisotopic (exact) mass is 261 g/mol. The molecule has 0 unspecified atom stereocenters. The molecule has 0 bridgehead atoms. The average Bonchev–Trinajstić information content (AvgIpc) is 2.37. The van der Waals surface area contributed by atoms with Crippen LogP contribution in [0, 0.1) is 0 Å². The second-order valence-corrected chi connectivity index (χ2v) is 4.61. The summed E-state index contributed by atoms with van der Waals surface area (Å²) >= 11 is 0. The van der Waals surface area contributed by atoms with Crippen molar-refractivity contribution in [2.45, 2.75) is 32.7 Å². The van der Waals surface area contributed by atoms with E-state index < -0.39 is 5.97 Å². The van der Waals surface area contributed by atoms with Crippen LogP contribution in [0.5, 0.6) is 0 Å². The highest BCUT2D eigenvalue weighted by Gasteiger charge is 2.20. The third-order valence-corrected chi connectivity index (χ3v) is 3.33. The molecule has 0 amide bonds. The van der Waals surface area contributed by atoms with Gasteiger partial charge in [0.2, 0.25) is 0 Å². The molecule has 5 nitrogen and oxygen atoms in total. The Hall–Kier alpha value is -2.17. The Balaban J connectivity index is 2.43. The summed E-state index contributed by atoms with van der Waals surface area (Å²) in [5.41, 5.74) is 1.29. The standard InChI is InChI=1S/C14H15NO4/c1-9(14(18)19)7-8-15-11-3-2-4-12(16)10(11)5-6-13(15)17/h5-7H,2-4,8H2,1H3,(H,18,19)/b9-7-. The van der Waals surface area contributed by atoms with E-state index in [0.717, 1.165) is 12.1 Å². The Morgan fingerprint density at radius 3 is 2.79 bits per heavy atom. The number of nitrogens with zero attached hydrogens (tertiary/aromatic N) is 1. The number of carbonyl (C=O) groups is 2. The fourth-order valence-electron chi connectivity index (χ4n) is 2.21. The van der Waals surface area contributed by atoms with Crippen molar-refractivity contribution in [3.05, 3.63) is 45.4 Å². The molecule has 2 rings (SSSR count). The lowest BCUT2D eigenvalue weighted by Crippen LogP contribution is -2.27. The van der Waals surface area contributed by atoms with E-state index in [0.29, 0.717) is 18.4 Å². The maximum atomic E-state index is 11.9. The lowest BCUT2D eigenvalue weighted by molar-refractivity contribution is -0.132. The van der Waals surface area contributed by atoms with Crippen molar-refractivity contribution in [1.29, 1.82) is 0 Å². The normalized spacial score (nSPS) is 15.2. The lowest BCUT2D eigenvalue weighted by Gasteiger charge is -2.19. The second-order valence-electron chi connectivity index (χ2n) is 4.61. The molecule has 19 heavy (non-hydrogen) atoms. The molecule has 100 valence electrons. The number of hydrogen-bond acceptors (Lipinski definition) is 3. The lowest BCUT2D eigenvalue weighted by atomic mass is 9.94. The second kappa shape index (κ2) is 5.22. The molecule has 1 aliphatic carbocycles. The van der Waals surface area contributed by atoms with Gasteiger partial charge >= 0.3 is 5.97 Å². The van der Waals surface area contributed by atoms with Crippen LogP contribution in [0.4, 0.5) is 0 Å². The Bertz CT molecular complexity index is 625. The van der Waals surface area contributed by atoms with Gasteiger partial charge < -0.3 is 9.67 Å². The molecular formula is C14H15NO4. The van der Waals surface area contributed by atoms with E-state index in [2.05, 4.69) is 0 Å². The van der Waals surface area contributed by atoms with Gasteiger partial charge in [0, 0.05) is 35.9 Å². The highest BCUT2D eigenvalue weighted by molar-refractivity contribution is 5.98. The number of ketones is 1. The number of rotatable bonds is 3. The van der Waals surface area contributed by atoms with E-state index in [9.17, 15) is 14.4 Å². The smallest absolute Gasteiger partial charge is 0.331 e. The molecule has 0 radical (unpaired) electrons. The molecule has 1 aromatic heterocycles. The van der Waals surface area contributed by atoms with Crippen LogP contribution in [0.1, 0.15) is 35.8 Å². The van der Waals surface area contributed by atoms with E-state index in [1.54, 1.807) is 6.07 Å². The van der Waals surface area contributed by atoms with Gasteiger partial charge in [-0.25, -0.2) is 4.79 Å². The van der Waals surface area contributed by atoms with Crippen molar-refractivity contribution in [2.75, 3.05) is 0 Å². The number of fused-ring (bicyclic) bond motifs is 1. The summed E-state index contributed by atoms with van der Waals surface area (Å²) in [6.45, 7) is 1.67. The van der Waals surface area contributed by atoms with Crippen LogP contribution in [-0.2, 0) is 17.8 Å². The number of allylic oxidation sites excluding steroid dienone is 1. The molecular weight excluding hydrogens is 246 g/mol. The van der Waals surface area contributed by atoms with Crippen molar-refractivity contribution in [1.82, 2.24) is 4.57 Å². The van der Waals surface area contributed by atoms with E-state index in [4.69, 9.17) is 5.11 Å². The van der Waals surface area contributed by atoms with Crippen LogP contribution < -0.4 is 5.56 Å². The van der Waals surface area contributed by atoms with Gasteiger partial charge in [-0.05, 0) is 25.8 Å². The first-order valence-electron chi connectivity index (χ1n) is 6.16. The predicted molar refractivity (Wildman–Crippen MR) is 69.4 cm³/mol. The molecule has 0 saturated heterocycles. The summed E-state index contributed by atoms with van der Waals surface area (Å²) in [6, 6.07) is 2.94. The van der Waals surface area contributed by atoms with Gasteiger partial charge in [0.05, 0.1) is 0 Å². The molecule has 1 aliphatic rings. The van der Waals surface area contributed by atoms with Gasteiger partial charge in [0.25, 0.3) is 5.56 Å². The average molecular weight is 261 g/mol. The van der Waals surface area contributed by atoms with Crippen molar-refractivity contribution >= 4 is 11.8 Å². The van der Waals surface area contributed by atoms with Gasteiger partial charge in [-0.3, -0.25) is 9.59 Å². The van der Waals surface area contributed by atoms with E-state index in [-0.39, 0.29) is 23.5 Å². The minimum Gasteiger partial charge on any atom is -0.478 e. The summed E-state index contributed by atoms with van der Waals surface area (Å²) in [6.07, 6.45) is 3.41. The topological polar surface area (TPSA) is 76.4 Å². The molecule has 0 aliphatic heterocycles. The third-order valence-electron chi connectivity index (χ3n) is 3.33. The van der Waals surface area contributed by atoms with Gasteiger partial charge in [0.1, 0.15) is 0 Å². The molecule has 5 heteroatoms. The van der Waals surface area contributed by atoms with Crippen LogP contribution >= 0.6 is 0 Å². The number of carbonyl (C=O) groups excluding carboxylic acids is 1. The van der Waals surface area contributed by atoms with E-state index >= 15 is 0 Å². The summed E-state index contributed by atoms with van der Waals surface area (Å²) in [4.78, 5) is 34.4. The first-order chi connectivity index (χ1) is 9.00. The van der Waals surface area contributed by atoms with E-state index in [1.807, 2.05) is 0 Å². The van der Waals surface area contributed by atoms with E-state index in [1.165, 1.54) is 23.6 Å². The molecule has 1 N–H and O–H groups in total. The first kappa shape index (κ1) is 13.3. The fraction of sp³-hybridized carbons (Fsp3) is 0.357. The van der Waals surface area contributed by atoms with Crippen molar-refractivity contribution in [3.8, 4) is 0 Å². The number of carboxylic acids is 1. The number of Topliss-reactive ketones (excluding diaryl/α,β-unsaturated/α-hetero) is 1. The Morgan fingerprint density at radius 1 is 1.37 bits per heavy atom. The number of aliphatic carboxylic acids is 1. The SMILES string of the molecule is C/C(=C/Cn1c2c(ccc1=O)C(=O)CCC2)C(=O)O. The zero-order chi connectivity index (χ0) is 14.0. The minimum absolute atomic E-state index is 0.0499. The highest BCUT2D eigenvalue weighted by atomic mass is 16.4. The largest absolute Gasteiger partial charge is 0.478 e. The molecule has 0 fully saturated rings. The maximum Gasteiger partial charge on any atom is 0.331 e. The van der Waals surface area contributed by atoms with Crippen molar-refractivity contribution in [2.24, 2.45) is 0 Å². The molecule has 0 spiro atoms. The third kappa shape index (κ3) is 2.65. The quantitative estimate of drug-likeness (QED) is 0.834. The Kier molecular flexibility index (Phi) is 3.64. The highest BCUT2D eigenvalue weighted by Crippen LogP contribution is 2.19. The summed E-state index contributed by atoms with van der Waals surface area (Å²) < 4.78 is 1.48. The van der Waals surface area contributed by atoms with Gasteiger partial charge in [-0.15, -0.1) is 0 Å². The van der Waals surface area contributed by atoms with Crippen LogP contribution in [0.2, 0.25) is 0 Å². The van der Waals surface area contributed by atoms with Crippen LogP contribution in [0.3, 0.4) is 0 Å². The summed E-state index contributed by atoms with van der Waals surface area (Å²) in [7, 11) is 0. The molecule has 0 saturated carbocycles. The molecule has 1 aromatic rings. The van der Waals surface area contributed by atoms with Gasteiger partial charge in [0.15, 0.2) is 5.78 Å². The Morgan fingerprint density at radius 2 is 2.11 bits per heavy atom. The van der Waals surface area contributed by atoms with Crippen molar-refractivity contribution < 1.29 is 14.7 Å². The first-order valence-corrected chi connectivity index (χ1v) is 6.16. The Labute approximate surface area is 110 Å². The minimum atomic E-state index is -1.01. The maximum absolute atomic E-state index is 11.9. The number of carboxylic acid groups (broad SMARTS) is 1. The van der Waals surface area contributed by atoms with Crippen LogP contribution in [-0.4, -0.2) is 21.4 Å². The number of pyridine rings is 1. The fourth-order valence-corrected chi connectivity index (χ4v) is 2.21. The zero-order valence-corrected chi connectivity index (χ0v) is 10.7. The molecule has 1 heterocycles. The van der Waals surface area contributed by atoms with Gasteiger partial charge in [-0.1, -0.05) is 6.08 Å². The van der Waals surface area contributed by atoms with Crippen molar-refractivity contribution in [3.63, 3.8) is 0 Å². The zero-order valence-electron chi connectivity index (χ0n) is 10.7. The number of hydrogen-bond donors (Lipinski definition) is 1. The summed E-state index contributed by atoms with van der Waals surface area (Å²) in [5, 5.41) is 8.80. The molecule has 0 atom stereocenters. The predicted octanol–water partition coefficient (Wildman–Crippen LogP) is 1.40. The molecule has 0 aromatic carbocycles. The summed E-state index contributed by atoms with van der Waals surface area (Å²) in [5.74, 6) is -0.956. The van der Waals surface area contributed by atoms with Gasteiger partial charge in [-0.2, -0.15) is 0 Å². The number of aromatic nitrogens is 1.